The van der Waals surface area contributed by atoms with Crippen molar-refractivity contribution in [1.82, 2.24) is 4.98 Å². The summed E-state index contributed by atoms with van der Waals surface area (Å²) in [5, 5.41) is 11.9. The number of hydrogen-bond acceptors (Lipinski definition) is 3. The Balaban J connectivity index is 2.23. The molecule has 0 fully saturated rings. The molecule has 1 amide bonds. The molecule has 0 saturated heterocycles. The number of halogens is 1. The van der Waals surface area contributed by atoms with E-state index in [2.05, 4.69) is 10.3 Å². The molecule has 2 N–H and O–H groups in total. The van der Waals surface area contributed by atoms with Crippen LogP contribution in [-0.2, 0) is 0 Å². The summed E-state index contributed by atoms with van der Waals surface area (Å²) >= 11 is 5.89. The van der Waals surface area contributed by atoms with E-state index >= 15 is 0 Å². The smallest absolute Gasteiger partial charge is 0.335 e. The van der Waals surface area contributed by atoms with Gasteiger partial charge < -0.3 is 10.4 Å². The van der Waals surface area contributed by atoms with Gasteiger partial charge in [-0.2, -0.15) is 0 Å². The Morgan fingerprint density at radius 3 is 2.60 bits per heavy atom. The van der Waals surface area contributed by atoms with E-state index < -0.39 is 11.9 Å². The van der Waals surface area contributed by atoms with Gasteiger partial charge in [-0.05, 0) is 42.8 Å². The van der Waals surface area contributed by atoms with Crippen molar-refractivity contribution >= 4 is 29.3 Å². The first-order chi connectivity index (χ1) is 9.45. The van der Waals surface area contributed by atoms with Crippen LogP contribution in [0.1, 0.15) is 26.3 Å². The summed E-state index contributed by atoms with van der Waals surface area (Å²) in [4.78, 5) is 26.8. The number of rotatable bonds is 3. The fourth-order valence-corrected chi connectivity index (χ4v) is 1.98. The molecular weight excluding hydrogens is 280 g/mol. The van der Waals surface area contributed by atoms with Gasteiger partial charge in [-0.15, -0.1) is 0 Å². The number of anilines is 1. The van der Waals surface area contributed by atoms with Crippen LogP contribution in [0.4, 0.5) is 5.82 Å². The fraction of sp³-hybridized carbons (Fsp3) is 0.0714. The zero-order valence-electron chi connectivity index (χ0n) is 10.6. The topological polar surface area (TPSA) is 79.3 Å². The molecule has 0 aliphatic rings. The van der Waals surface area contributed by atoms with Gasteiger partial charge in [0, 0.05) is 16.8 Å². The minimum atomic E-state index is -1.08. The van der Waals surface area contributed by atoms with E-state index in [4.69, 9.17) is 16.7 Å². The molecule has 102 valence electrons. The maximum Gasteiger partial charge on any atom is 0.335 e. The van der Waals surface area contributed by atoms with Crippen molar-refractivity contribution in [1.29, 1.82) is 0 Å². The summed E-state index contributed by atoms with van der Waals surface area (Å²) in [6, 6.07) is 7.59. The number of carboxylic acids is 1. The highest BCUT2D eigenvalue weighted by molar-refractivity contribution is 6.31. The Bertz CT molecular complexity index is 666. The Kier molecular flexibility index (Phi) is 4.00. The van der Waals surface area contributed by atoms with Crippen molar-refractivity contribution in [2.24, 2.45) is 0 Å². The molecule has 0 saturated carbocycles. The largest absolute Gasteiger partial charge is 0.478 e. The second kappa shape index (κ2) is 5.71. The predicted octanol–water partition coefficient (Wildman–Crippen LogP) is 2.99. The molecule has 0 aliphatic carbocycles. The molecule has 2 rings (SSSR count). The first-order valence-electron chi connectivity index (χ1n) is 5.73. The maximum absolute atomic E-state index is 12.0. The number of aromatic carboxylic acids is 1. The van der Waals surface area contributed by atoms with Crippen molar-refractivity contribution < 1.29 is 14.7 Å². The van der Waals surface area contributed by atoms with Crippen molar-refractivity contribution in [3.05, 3.63) is 58.2 Å². The van der Waals surface area contributed by atoms with Crippen LogP contribution in [0.15, 0.2) is 36.5 Å². The number of carbonyl (C=O) groups excluding carboxylic acids is 1. The Morgan fingerprint density at radius 2 is 1.95 bits per heavy atom. The van der Waals surface area contributed by atoms with Crippen molar-refractivity contribution in [3.8, 4) is 0 Å². The minimum Gasteiger partial charge on any atom is -0.478 e. The summed E-state index contributed by atoms with van der Waals surface area (Å²) in [5.41, 5.74) is 1.30. The lowest BCUT2D eigenvalue weighted by atomic mass is 10.1. The second-order valence-corrected chi connectivity index (χ2v) is 4.64. The van der Waals surface area contributed by atoms with Gasteiger partial charge >= 0.3 is 5.97 Å². The van der Waals surface area contributed by atoms with Crippen molar-refractivity contribution in [2.45, 2.75) is 6.92 Å². The Morgan fingerprint density at radius 1 is 1.20 bits per heavy atom. The van der Waals surface area contributed by atoms with Crippen LogP contribution in [0.25, 0.3) is 0 Å². The number of carbonyl (C=O) groups is 2. The molecule has 1 heterocycles. The highest BCUT2D eigenvalue weighted by Gasteiger charge is 2.10. The quantitative estimate of drug-likeness (QED) is 0.911. The number of amides is 1. The van der Waals surface area contributed by atoms with Gasteiger partial charge in [0.2, 0.25) is 0 Å². The number of nitrogens with one attached hydrogen (secondary N) is 1. The molecule has 0 bridgehead atoms. The SMILES string of the molecule is Cc1cc(Cl)cc(C(=O)Nc2cc(C(=O)O)ccn2)c1. The van der Waals surface area contributed by atoms with E-state index in [9.17, 15) is 9.59 Å². The first-order valence-corrected chi connectivity index (χ1v) is 6.11. The third kappa shape index (κ3) is 3.33. The van der Waals surface area contributed by atoms with E-state index in [0.717, 1.165) is 5.56 Å². The molecule has 6 heteroatoms. The van der Waals surface area contributed by atoms with Crippen LogP contribution in [0.2, 0.25) is 5.02 Å². The Hall–Kier alpha value is -2.40. The Labute approximate surface area is 120 Å². The van der Waals surface area contributed by atoms with Crippen LogP contribution < -0.4 is 5.32 Å². The van der Waals surface area contributed by atoms with Crippen LogP contribution in [0.3, 0.4) is 0 Å². The molecule has 1 aromatic heterocycles. The molecule has 0 radical (unpaired) electrons. The average Bonchev–Trinajstić information content (AvgIpc) is 2.37. The standard InChI is InChI=1S/C14H11ClN2O3/c1-8-4-10(6-11(15)5-8)13(18)17-12-7-9(14(19)20)2-3-16-12/h2-7H,1H3,(H,19,20)(H,16,17,18). The summed E-state index contributed by atoms with van der Waals surface area (Å²) in [7, 11) is 0. The third-order valence-corrected chi connectivity index (χ3v) is 2.77. The van der Waals surface area contributed by atoms with Crippen molar-refractivity contribution in [2.75, 3.05) is 5.32 Å². The number of benzene rings is 1. The van der Waals surface area contributed by atoms with E-state index in [-0.39, 0.29) is 11.4 Å². The monoisotopic (exact) mass is 290 g/mol. The molecule has 0 unspecified atom stereocenters. The lowest BCUT2D eigenvalue weighted by Gasteiger charge is -2.06. The highest BCUT2D eigenvalue weighted by Crippen LogP contribution is 2.16. The lowest BCUT2D eigenvalue weighted by molar-refractivity contribution is 0.0696. The van der Waals surface area contributed by atoms with E-state index in [1.807, 2.05) is 6.92 Å². The summed E-state index contributed by atoms with van der Waals surface area (Å²) in [6.07, 6.45) is 1.32. The normalized spacial score (nSPS) is 10.1. The van der Waals surface area contributed by atoms with Crippen molar-refractivity contribution in [3.63, 3.8) is 0 Å². The van der Waals surface area contributed by atoms with Gasteiger partial charge in [0.25, 0.3) is 5.91 Å². The first kappa shape index (κ1) is 14.0. The number of aromatic nitrogens is 1. The van der Waals surface area contributed by atoms with Crippen LogP contribution in [-0.4, -0.2) is 22.0 Å². The molecule has 0 spiro atoms. The van der Waals surface area contributed by atoms with Crippen LogP contribution >= 0.6 is 11.6 Å². The van der Waals surface area contributed by atoms with Gasteiger partial charge in [0.15, 0.2) is 0 Å². The minimum absolute atomic E-state index is 0.0533. The number of pyridine rings is 1. The highest BCUT2D eigenvalue weighted by atomic mass is 35.5. The number of nitrogens with zero attached hydrogens (tertiary/aromatic N) is 1. The summed E-state index contributed by atoms with van der Waals surface area (Å²) in [5.74, 6) is -1.31. The summed E-state index contributed by atoms with van der Waals surface area (Å²) < 4.78 is 0. The zero-order chi connectivity index (χ0) is 14.7. The van der Waals surface area contributed by atoms with E-state index in [1.54, 1.807) is 12.1 Å². The maximum atomic E-state index is 12.0. The average molecular weight is 291 g/mol. The fourth-order valence-electron chi connectivity index (χ4n) is 1.69. The lowest BCUT2D eigenvalue weighted by Crippen LogP contribution is -2.13. The van der Waals surface area contributed by atoms with Crippen LogP contribution in [0, 0.1) is 6.92 Å². The van der Waals surface area contributed by atoms with Gasteiger partial charge in [0.05, 0.1) is 5.56 Å². The van der Waals surface area contributed by atoms with Gasteiger partial charge in [-0.25, -0.2) is 9.78 Å². The number of aryl methyl sites for hydroxylation is 1. The second-order valence-electron chi connectivity index (χ2n) is 4.21. The van der Waals surface area contributed by atoms with Gasteiger partial charge in [-0.1, -0.05) is 11.6 Å². The van der Waals surface area contributed by atoms with Crippen LogP contribution in [0.5, 0.6) is 0 Å². The third-order valence-electron chi connectivity index (χ3n) is 2.55. The van der Waals surface area contributed by atoms with Gasteiger partial charge in [-0.3, -0.25) is 4.79 Å². The van der Waals surface area contributed by atoms with Gasteiger partial charge in [0.1, 0.15) is 5.82 Å². The molecule has 0 atom stereocenters. The molecular formula is C14H11ClN2O3. The molecule has 1 aromatic carbocycles. The van der Waals surface area contributed by atoms with E-state index in [1.165, 1.54) is 24.4 Å². The molecule has 0 aliphatic heterocycles. The molecule has 5 nitrogen and oxygen atoms in total. The summed E-state index contributed by atoms with van der Waals surface area (Å²) in [6.45, 7) is 1.83. The molecule has 20 heavy (non-hydrogen) atoms. The molecule has 2 aromatic rings. The predicted molar refractivity (Wildman–Crippen MR) is 75.3 cm³/mol. The van der Waals surface area contributed by atoms with E-state index in [0.29, 0.717) is 10.6 Å². The zero-order valence-corrected chi connectivity index (χ0v) is 11.3. The number of carboxylic acid groups (broad SMARTS) is 1. The number of hydrogen-bond donors (Lipinski definition) is 2.